The van der Waals surface area contributed by atoms with E-state index >= 15 is 0 Å². The highest BCUT2D eigenvalue weighted by molar-refractivity contribution is 7.98. The predicted octanol–water partition coefficient (Wildman–Crippen LogP) is 2.41. The van der Waals surface area contributed by atoms with Crippen molar-refractivity contribution < 1.29 is 28.4 Å². The number of thioether (sulfide) groups is 1. The number of imide groups is 1. The summed E-state index contributed by atoms with van der Waals surface area (Å²) in [6.07, 6.45) is 0.663. The Bertz CT molecular complexity index is 816. The largest absolute Gasteiger partial charge is 0.452 e. The molecule has 0 spiro atoms. The average Bonchev–Trinajstić information content (AvgIpc) is 2.96. The lowest BCUT2D eigenvalue weighted by Gasteiger charge is -2.08. The molecule has 2 amide bonds. The SMILES string of the molecule is CCOC(=O)NC(=O)COC(=O)c1cccnc1SCc1c(C)noc1C. The zero-order chi connectivity index (χ0) is 19.8. The van der Waals surface area contributed by atoms with Gasteiger partial charge in [-0.1, -0.05) is 5.16 Å². The molecular weight excluding hydrogens is 374 g/mol. The van der Waals surface area contributed by atoms with Gasteiger partial charge < -0.3 is 14.0 Å². The molecule has 0 fully saturated rings. The first-order valence-corrected chi connectivity index (χ1v) is 9.04. The van der Waals surface area contributed by atoms with Crippen LogP contribution in [0.4, 0.5) is 4.79 Å². The molecule has 2 rings (SSSR count). The van der Waals surface area contributed by atoms with Crippen LogP contribution in [0.15, 0.2) is 27.9 Å². The summed E-state index contributed by atoms with van der Waals surface area (Å²) >= 11 is 1.33. The van der Waals surface area contributed by atoms with Crippen LogP contribution in [-0.4, -0.2) is 41.3 Å². The Morgan fingerprint density at radius 2 is 2.04 bits per heavy atom. The first-order chi connectivity index (χ1) is 12.9. The van der Waals surface area contributed by atoms with E-state index in [0.29, 0.717) is 16.5 Å². The van der Waals surface area contributed by atoms with Crippen LogP contribution in [0.3, 0.4) is 0 Å². The second kappa shape index (κ2) is 9.72. The lowest BCUT2D eigenvalue weighted by atomic mass is 10.2. The van der Waals surface area contributed by atoms with Gasteiger partial charge in [0.05, 0.1) is 17.9 Å². The number of aryl methyl sites for hydroxylation is 2. The summed E-state index contributed by atoms with van der Waals surface area (Å²) in [4.78, 5) is 39.2. The van der Waals surface area contributed by atoms with Crippen LogP contribution in [0.2, 0.25) is 0 Å². The molecule has 2 aromatic rings. The molecule has 0 atom stereocenters. The Morgan fingerprint density at radius 1 is 1.26 bits per heavy atom. The van der Waals surface area contributed by atoms with Gasteiger partial charge >= 0.3 is 12.1 Å². The van der Waals surface area contributed by atoms with Crippen molar-refractivity contribution in [2.24, 2.45) is 0 Å². The Hall–Kier alpha value is -2.88. The maximum atomic E-state index is 12.3. The van der Waals surface area contributed by atoms with E-state index in [1.807, 2.05) is 19.2 Å². The molecule has 0 aliphatic carbocycles. The van der Waals surface area contributed by atoms with Gasteiger partial charge in [-0.15, -0.1) is 11.8 Å². The molecule has 0 bridgehead atoms. The van der Waals surface area contributed by atoms with E-state index < -0.39 is 24.6 Å². The highest BCUT2D eigenvalue weighted by atomic mass is 32.2. The normalized spacial score (nSPS) is 10.3. The van der Waals surface area contributed by atoms with Crippen molar-refractivity contribution in [2.75, 3.05) is 13.2 Å². The van der Waals surface area contributed by atoms with Crippen molar-refractivity contribution in [3.8, 4) is 0 Å². The number of aromatic nitrogens is 2. The number of hydrogen-bond donors (Lipinski definition) is 1. The molecule has 0 aliphatic rings. The van der Waals surface area contributed by atoms with Crippen LogP contribution in [-0.2, 0) is 20.0 Å². The summed E-state index contributed by atoms with van der Waals surface area (Å²) in [5.74, 6) is -0.281. The van der Waals surface area contributed by atoms with Crippen molar-refractivity contribution in [1.29, 1.82) is 0 Å². The highest BCUT2D eigenvalue weighted by Gasteiger charge is 2.18. The van der Waals surface area contributed by atoms with Crippen molar-refractivity contribution in [3.05, 3.63) is 40.9 Å². The van der Waals surface area contributed by atoms with Gasteiger partial charge in [-0.2, -0.15) is 0 Å². The van der Waals surface area contributed by atoms with E-state index in [9.17, 15) is 14.4 Å². The quantitative estimate of drug-likeness (QED) is 0.558. The maximum absolute atomic E-state index is 12.3. The van der Waals surface area contributed by atoms with Gasteiger partial charge in [0.15, 0.2) is 6.61 Å². The number of hydrogen-bond acceptors (Lipinski definition) is 9. The number of amides is 2. The van der Waals surface area contributed by atoms with E-state index in [-0.39, 0.29) is 12.2 Å². The number of esters is 1. The molecule has 10 heteroatoms. The zero-order valence-electron chi connectivity index (χ0n) is 15.1. The smallest absolute Gasteiger partial charge is 0.413 e. The molecule has 0 aromatic carbocycles. The molecule has 0 saturated heterocycles. The van der Waals surface area contributed by atoms with Gasteiger partial charge in [0.2, 0.25) is 0 Å². The van der Waals surface area contributed by atoms with E-state index in [2.05, 4.69) is 14.9 Å². The molecule has 0 saturated carbocycles. The molecular formula is C17H19N3O6S. The third-order valence-electron chi connectivity index (χ3n) is 3.38. The van der Waals surface area contributed by atoms with E-state index in [4.69, 9.17) is 9.26 Å². The van der Waals surface area contributed by atoms with Crippen LogP contribution >= 0.6 is 11.8 Å². The molecule has 27 heavy (non-hydrogen) atoms. The van der Waals surface area contributed by atoms with E-state index in [1.165, 1.54) is 11.8 Å². The fourth-order valence-electron chi connectivity index (χ4n) is 2.04. The van der Waals surface area contributed by atoms with Gasteiger partial charge in [-0.25, -0.2) is 14.6 Å². The monoisotopic (exact) mass is 393 g/mol. The zero-order valence-corrected chi connectivity index (χ0v) is 15.9. The Morgan fingerprint density at radius 3 is 2.70 bits per heavy atom. The topological polar surface area (TPSA) is 121 Å². The van der Waals surface area contributed by atoms with E-state index in [0.717, 1.165) is 11.3 Å². The number of nitrogens with one attached hydrogen (secondary N) is 1. The van der Waals surface area contributed by atoms with Gasteiger partial charge in [-0.3, -0.25) is 10.1 Å². The minimum absolute atomic E-state index is 0.125. The fourth-order valence-corrected chi connectivity index (χ4v) is 3.17. The number of carbonyl (C=O) groups excluding carboxylic acids is 3. The maximum Gasteiger partial charge on any atom is 0.413 e. The van der Waals surface area contributed by atoms with Crippen LogP contribution in [0.25, 0.3) is 0 Å². The van der Waals surface area contributed by atoms with Crippen molar-refractivity contribution in [1.82, 2.24) is 15.5 Å². The lowest BCUT2D eigenvalue weighted by Crippen LogP contribution is -2.34. The number of carbonyl (C=O) groups is 3. The van der Waals surface area contributed by atoms with E-state index in [1.54, 1.807) is 25.3 Å². The van der Waals surface area contributed by atoms with Crippen LogP contribution in [0, 0.1) is 13.8 Å². The lowest BCUT2D eigenvalue weighted by molar-refractivity contribution is -0.123. The molecule has 144 valence electrons. The molecule has 2 aromatic heterocycles. The molecule has 0 unspecified atom stereocenters. The van der Waals surface area contributed by atoms with Crippen LogP contribution in [0.5, 0.6) is 0 Å². The molecule has 2 heterocycles. The second-order valence-corrected chi connectivity index (χ2v) is 6.26. The standard InChI is InChI=1S/C17H19N3O6S/c1-4-24-17(23)19-14(21)8-25-16(22)12-6-5-7-18-15(12)27-9-13-10(2)20-26-11(13)3/h5-7H,4,8-9H2,1-3H3,(H,19,21,23). The number of alkyl carbamates (subject to hydrolysis) is 1. The average molecular weight is 393 g/mol. The van der Waals surface area contributed by atoms with Crippen molar-refractivity contribution in [2.45, 2.75) is 31.6 Å². The fraction of sp³-hybridized carbons (Fsp3) is 0.353. The minimum Gasteiger partial charge on any atom is -0.452 e. The summed E-state index contributed by atoms with van der Waals surface area (Å²) in [7, 11) is 0. The van der Waals surface area contributed by atoms with Crippen molar-refractivity contribution in [3.63, 3.8) is 0 Å². The Labute approximate surface area is 159 Å². The molecule has 9 nitrogen and oxygen atoms in total. The summed E-state index contributed by atoms with van der Waals surface area (Å²) in [6, 6.07) is 3.14. The predicted molar refractivity (Wildman–Crippen MR) is 95.2 cm³/mol. The third kappa shape index (κ3) is 5.81. The summed E-state index contributed by atoms with van der Waals surface area (Å²) < 4.78 is 14.6. The Kier molecular flexibility index (Phi) is 7.35. The van der Waals surface area contributed by atoms with Gasteiger partial charge in [0.25, 0.3) is 5.91 Å². The number of rotatable bonds is 7. The van der Waals surface area contributed by atoms with Gasteiger partial charge in [-0.05, 0) is 32.9 Å². The number of nitrogens with zero attached hydrogens (tertiary/aromatic N) is 2. The summed E-state index contributed by atoms with van der Waals surface area (Å²) in [5, 5.41) is 6.28. The second-order valence-electron chi connectivity index (χ2n) is 5.29. The first kappa shape index (κ1) is 20.4. The van der Waals surface area contributed by atoms with Gasteiger partial charge in [0, 0.05) is 17.5 Å². The third-order valence-corrected chi connectivity index (χ3v) is 4.41. The highest BCUT2D eigenvalue weighted by Crippen LogP contribution is 2.27. The summed E-state index contributed by atoms with van der Waals surface area (Å²) in [5.41, 5.74) is 1.92. The minimum atomic E-state index is -0.893. The van der Waals surface area contributed by atoms with Crippen LogP contribution < -0.4 is 5.32 Å². The van der Waals surface area contributed by atoms with Crippen LogP contribution in [0.1, 0.15) is 34.3 Å². The Balaban J connectivity index is 1.97. The van der Waals surface area contributed by atoms with Gasteiger partial charge in [0.1, 0.15) is 10.8 Å². The number of ether oxygens (including phenoxy) is 2. The molecule has 1 N–H and O–H groups in total. The molecule has 0 aliphatic heterocycles. The number of pyridine rings is 1. The summed E-state index contributed by atoms with van der Waals surface area (Å²) in [6.45, 7) is 4.77. The van der Waals surface area contributed by atoms with Crippen molar-refractivity contribution >= 4 is 29.7 Å². The first-order valence-electron chi connectivity index (χ1n) is 8.05. The molecule has 0 radical (unpaired) electrons.